The number of aromatic nitrogens is 2. The molecule has 1 fully saturated rings. The number of nitrogens with zero attached hydrogens (tertiary/aromatic N) is 3. The third-order valence-electron chi connectivity index (χ3n) is 4.03. The van der Waals surface area contributed by atoms with Crippen molar-refractivity contribution in [3.05, 3.63) is 35.9 Å². The Morgan fingerprint density at radius 1 is 1.43 bits per heavy atom. The average Bonchev–Trinajstić information content (AvgIpc) is 3.17. The molecule has 23 heavy (non-hydrogen) atoms. The van der Waals surface area contributed by atoms with Gasteiger partial charge < -0.3 is 14.6 Å². The highest BCUT2D eigenvalue weighted by molar-refractivity contribution is 6.02. The molecule has 122 valence electrons. The van der Waals surface area contributed by atoms with Gasteiger partial charge in [0.05, 0.1) is 6.26 Å². The van der Waals surface area contributed by atoms with Crippen molar-refractivity contribution in [2.45, 2.75) is 19.8 Å². The molecule has 2 aromatic rings. The Morgan fingerprint density at radius 3 is 2.96 bits per heavy atom. The molecule has 2 amide bonds. The van der Waals surface area contributed by atoms with Crippen LogP contribution in [0.25, 0.3) is 0 Å². The van der Waals surface area contributed by atoms with Crippen molar-refractivity contribution in [1.82, 2.24) is 14.7 Å². The van der Waals surface area contributed by atoms with E-state index in [1.165, 1.54) is 10.9 Å². The number of amides is 2. The number of rotatable bonds is 3. The van der Waals surface area contributed by atoms with Crippen LogP contribution in [0, 0.1) is 5.92 Å². The fourth-order valence-corrected chi connectivity index (χ4v) is 2.81. The number of hydrogen-bond donors (Lipinski definition) is 1. The molecule has 1 atom stereocenters. The van der Waals surface area contributed by atoms with Gasteiger partial charge in [-0.15, -0.1) is 0 Å². The van der Waals surface area contributed by atoms with Crippen LogP contribution < -0.4 is 5.32 Å². The molecule has 3 heterocycles. The summed E-state index contributed by atoms with van der Waals surface area (Å²) in [5.74, 6) is 0.715. The highest BCUT2D eigenvalue weighted by Crippen LogP contribution is 2.19. The highest BCUT2D eigenvalue weighted by Gasteiger charge is 2.25. The summed E-state index contributed by atoms with van der Waals surface area (Å²) in [6, 6.07) is 4.82. The fourth-order valence-electron chi connectivity index (χ4n) is 2.81. The summed E-state index contributed by atoms with van der Waals surface area (Å²) in [7, 11) is 1.69. The summed E-state index contributed by atoms with van der Waals surface area (Å²) in [5.41, 5.74) is 0.344. The Labute approximate surface area is 134 Å². The number of hydrogen-bond acceptors (Lipinski definition) is 4. The van der Waals surface area contributed by atoms with Crippen LogP contribution in [0.15, 0.2) is 28.9 Å². The van der Waals surface area contributed by atoms with Crippen molar-refractivity contribution in [3.8, 4) is 0 Å². The summed E-state index contributed by atoms with van der Waals surface area (Å²) in [6.45, 7) is 3.66. The molecule has 0 aliphatic carbocycles. The molecule has 0 radical (unpaired) electrons. The molecule has 0 bridgehead atoms. The summed E-state index contributed by atoms with van der Waals surface area (Å²) in [4.78, 5) is 26.4. The molecule has 2 aromatic heterocycles. The number of piperidine rings is 1. The van der Waals surface area contributed by atoms with Crippen molar-refractivity contribution in [2.75, 3.05) is 18.4 Å². The standard InChI is InChI=1S/C16H20N4O3/c1-11-5-3-7-20(10-11)16(22)12-9-14(19(2)18-12)17-15(21)13-6-4-8-23-13/h4,6,8-9,11H,3,5,7,10H2,1-2H3,(H,17,21). The largest absolute Gasteiger partial charge is 0.459 e. The van der Waals surface area contributed by atoms with E-state index in [-0.39, 0.29) is 17.6 Å². The minimum absolute atomic E-state index is 0.0920. The Bertz CT molecular complexity index is 705. The first-order valence-corrected chi connectivity index (χ1v) is 7.73. The van der Waals surface area contributed by atoms with Crippen LogP contribution in [-0.4, -0.2) is 39.6 Å². The van der Waals surface area contributed by atoms with E-state index in [1.54, 1.807) is 25.2 Å². The lowest BCUT2D eigenvalue weighted by molar-refractivity contribution is 0.0676. The summed E-state index contributed by atoms with van der Waals surface area (Å²) in [5, 5.41) is 6.92. The maximum Gasteiger partial charge on any atom is 0.292 e. The summed E-state index contributed by atoms with van der Waals surface area (Å²) >= 11 is 0. The molecule has 1 aliphatic rings. The zero-order chi connectivity index (χ0) is 16.4. The van der Waals surface area contributed by atoms with E-state index in [0.29, 0.717) is 17.4 Å². The number of anilines is 1. The van der Waals surface area contributed by atoms with Gasteiger partial charge in [-0.25, -0.2) is 0 Å². The first-order chi connectivity index (χ1) is 11.0. The van der Waals surface area contributed by atoms with Crippen molar-refractivity contribution in [2.24, 2.45) is 13.0 Å². The Balaban J connectivity index is 1.72. The molecule has 1 saturated heterocycles. The van der Waals surface area contributed by atoms with Crippen LogP contribution >= 0.6 is 0 Å². The Morgan fingerprint density at radius 2 is 2.26 bits per heavy atom. The molecule has 1 N–H and O–H groups in total. The van der Waals surface area contributed by atoms with E-state index >= 15 is 0 Å². The van der Waals surface area contributed by atoms with Crippen LogP contribution in [0.1, 0.15) is 40.8 Å². The lowest BCUT2D eigenvalue weighted by atomic mass is 10.00. The third kappa shape index (κ3) is 3.28. The van der Waals surface area contributed by atoms with Crippen LogP contribution in [0.3, 0.4) is 0 Å². The van der Waals surface area contributed by atoms with E-state index in [9.17, 15) is 9.59 Å². The molecule has 7 heteroatoms. The number of nitrogens with one attached hydrogen (secondary N) is 1. The Kier molecular flexibility index (Phi) is 4.18. The van der Waals surface area contributed by atoms with Crippen LogP contribution in [0.4, 0.5) is 5.82 Å². The van der Waals surface area contributed by atoms with Crippen LogP contribution in [-0.2, 0) is 7.05 Å². The second-order valence-corrected chi connectivity index (χ2v) is 5.97. The molecule has 7 nitrogen and oxygen atoms in total. The Hall–Kier alpha value is -2.57. The van der Waals surface area contributed by atoms with E-state index in [1.807, 2.05) is 4.90 Å². The van der Waals surface area contributed by atoms with Crippen molar-refractivity contribution >= 4 is 17.6 Å². The van der Waals surface area contributed by atoms with Gasteiger partial charge in [-0.05, 0) is 30.9 Å². The monoisotopic (exact) mass is 316 g/mol. The SMILES string of the molecule is CC1CCCN(C(=O)c2cc(NC(=O)c3ccco3)n(C)n2)C1. The molecular formula is C16H20N4O3. The van der Waals surface area contributed by atoms with E-state index < -0.39 is 0 Å². The van der Waals surface area contributed by atoms with Gasteiger partial charge in [0.25, 0.3) is 11.8 Å². The zero-order valence-corrected chi connectivity index (χ0v) is 13.3. The summed E-state index contributed by atoms with van der Waals surface area (Å²) in [6.07, 6.45) is 3.60. The molecule has 1 aliphatic heterocycles. The first kappa shape index (κ1) is 15.3. The number of likely N-dealkylation sites (tertiary alicyclic amines) is 1. The van der Waals surface area contributed by atoms with E-state index in [2.05, 4.69) is 17.3 Å². The number of aryl methyl sites for hydroxylation is 1. The third-order valence-corrected chi connectivity index (χ3v) is 4.03. The molecule has 3 rings (SSSR count). The molecule has 0 saturated carbocycles. The number of carbonyl (C=O) groups excluding carboxylic acids is 2. The van der Waals surface area contributed by atoms with Crippen molar-refractivity contribution in [1.29, 1.82) is 0 Å². The molecule has 0 aromatic carbocycles. The smallest absolute Gasteiger partial charge is 0.292 e. The maximum absolute atomic E-state index is 12.5. The number of carbonyl (C=O) groups is 2. The van der Waals surface area contributed by atoms with E-state index in [0.717, 1.165) is 25.9 Å². The van der Waals surface area contributed by atoms with Gasteiger partial charge >= 0.3 is 0 Å². The first-order valence-electron chi connectivity index (χ1n) is 7.73. The van der Waals surface area contributed by atoms with Crippen molar-refractivity contribution in [3.63, 3.8) is 0 Å². The summed E-state index contributed by atoms with van der Waals surface area (Å²) < 4.78 is 6.54. The minimum Gasteiger partial charge on any atom is -0.459 e. The number of furan rings is 1. The minimum atomic E-state index is -0.372. The molecular weight excluding hydrogens is 296 g/mol. The van der Waals surface area contributed by atoms with E-state index in [4.69, 9.17) is 4.42 Å². The topological polar surface area (TPSA) is 80.4 Å². The van der Waals surface area contributed by atoms with Gasteiger partial charge in [0, 0.05) is 26.2 Å². The predicted octanol–water partition coefficient (Wildman–Crippen LogP) is 2.14. The average molecular weight is 316 g/mol. The molecule has 0 spiro atoms. The van der Waals surface area contributed by atoms with Gasteiger partial charge in [-0.2, -0.15) is 5.10 Å². The van der Waals surface area contributed by atoms with Gasteiger partial charge in [0.15, 0.2) is 11.5 Å². The quantitative estimate of drug-likeness (QED) is 0.940. The second kappa shape index (κ2) is 6.28. The normalized spacial score (nSPS) is 18.0. The van der Waals surface area contributed by atoms with Crippen molar-refractivity contribution < 1.29 is 14.0 Å². The van der Waals surface area contributed by atoms with Gasteiger partial charge in [0.2, 0.25) is 0 Å². The fraction of sp³-hybridized carbons (Fsp3) is 0.438. The molecule has 1 unspecified atom stereocenters. The van der Waals surface area contributed by atoms with Gasteiger partial charge in [0.1, 0.15) is 5.82 Å². The lowest BCUT2D eigenvalue weighted by Crippen LogP contribution is -2.39. The van der Waals surface area contributed by atoms with Crippen LogP contribution in [0.2, 0.25) is 0 Å². The lowest BCUT2D eigenvalue weighted by Gasteiger charge is -2.30. The maximum atomic E-state index is 12.5. The predicted molar refractivity (Wildman–Crippen MR) is 84.2 cm³/mol. The van der Waals surface area contributed by atoms with Crippen LogP contribution in [0.5, 0.6) is 0 Å². The zero-order valence-electron chi connectivity index (χ0n) is 13.3. The highest BCUT2D eigenvalue weighted by atomic mass is 16.3. The van der Waals surface area contributed by atoms with Gasteiger partial charge in [-0.3, -0.25) is 14.3 Å². The second-order valence-electron chi connectivity index (χ2n) is 5.97. The van der Waals surface area contributed by atoms with Gasteiger partial charge in [-0.1, -0.05) is 6.92 Å².